The SMILES string of the molecule is COc1ccc([C@]2(C)[C@]3(C#N)C(N)=[NH+]C(OC)(OC)[C@@]32C#N)cc1. The molecule has 0 bridgehead atoms. The Morgan fingerprint density at radius 3 is 2.04 bits per heavy atom. The Morgan fingerprint density at radius 1 is 1.04 bits per heavy atom. The number of nitriles is 2. The maximum Gasteiger partial charge on any atom is 0.343 e. The summed E-state index contributed by atoms with van der Waals surface area (Å²) in [7, 11) is 4.42. The van der Waals surface area contributed by atoms with Crippen molar-refractivity contribution in [2.24, 2.45) is 16.6 Å². The lowest BCUT2D eigenvalue weighted by atomic mass is 9.84. The molecule has 3 atom stereocenters. The summed E-state index contributed by atoms with van der Waals surface area (Å²) in [5.41, 5.74) is 3.45. The lowest BCUT2D eigenvalue weighted by Gasteiger charge is -2.30. The molecule has 3 N–H and O–H groups in total. The molecule has 7 heteroatoms. The molecule has 1 aliphatic heterocycles. The zero-order chi connectivity index (χ0) is 17.8. The number of benzene rings is 1. The largest absolute Gasteiger partial charge is 0.497 e. The molecule has 1 fully saturated rings. The van der Waals surface area contributed by atoms with Gasteiger partial charge in [-0.25, -0.2) is 4.99 Å². The van der Waals surface area contributed by atoms with E-state index in [1.807, 2.05) is 19.1 Å². The van der Waals surface area contributed by atoms with Gasteiger partial charge in [0, 0.05) is 14.2 Å². The van der Waals surface area contributed by atoms with Crippen molar-refractivity contribution in [1.29, 1.82) is 10.5 Å². The summed E-state index contributed by atoms with van der Waals surface area (Å²) >= 11 is 0. The van der Waals surface area contributed by atoms with Gasteiger partial charge in [-0.2, -0.15) is 10.5 Å². The van der Waals surface area contributed by atoms with E-state index in [1.165, 1.54) is 14.2 Å². The fourth-order valence-electron chi connectivity index (χ4n) is 4.50. The number of hydrogen-bond donors (Lipinski definition) is 2. The molecule has 0 spiro atoms. The van der Waals surface area contributed by atoms with Crippen molar-refractivity contribution in [3.8, 4) is 17.9 Å². The van der Waals surface area contributed by atoms with Crippen LogP contribution in [0.3, 0.4) is 0 Å². The first-order chi connectivity index (χ1) is 11.4. The first-order valence-corrected chi connectivity index (χ1v) is 7.39. The first kappa shape index (κ1) is 16.3. The molecule has 0 amide bonds. The number of amidine groups is 1. The topological polar surface area (TPSA) is 115 Å². The monoisotopic (exact) mass is 327 g/mol. The van der Waals surface area contributed by atoms with Crippen LogP contribution < -0.4 is 15.5 Å². The molecular weight excluding hydrogens is 308 g/mol. The molecule has 24 heavy (non-hydrogen) atoms. The minimum absolute atomic E-state index is 0.175. The molecule has 124 valence electrons. The van der Waals surface area contributed by atoms with E-state index in [9.17, 15) is 10.5 Å². The highest BCUT2D eigenvalue weighted by Crippen LogP contribution is 2.82. The highest BCUT2D eigenvalue weighted by molar-refractivity contribution is 5.97. The van der Waals surface area contributed by atoms with Gasteiger partial charge in [0.25, 0.3) is 5.84 Å². The molecule has 1 heterocycles. The molecule has 1 saturated carbocycles. The molecule has 3 rings (SSSR count). The maximum absolute atomic E-state index is 10.1. The third-order valence-corrected chi connectivity index (χ3v) is 5.77. The van der Waals surface area contributed by atoms with Gasteiger partial charge in [-0.15, -0.1) is 0 Å². The van der Waals surface area contributed by atoms with Gasteiger partial charge >= 0.3 is 5.91 Å². The zero-order valence-corrected chi connectivity index (χ0v) is 14.0. The third-order valence-electron chi connectivity index (χ3n) is 5.77. The minimum Gasteiger partial charge on any atom is -0.497 e. The van der Waals surface area contributed by atoms with Crippen LogP contribution in [0.4, 0.5) is 0 Å². The number of ether oxygens (including phenoxy) is 3. The normalized spacial score (nSPS) is 35.3. The summed E-state index contributed by atoms with van der Waals surface area (Å²) in [5, 5.41) is 20.1. The number of nitrogens with zero attached hydrogens (tertiary/aromatic N) is 2. The van der Waals surface area contributed by atoms with E-state index in [-0.39, 0.29) is 5.84 Å². The molecule has 1 aromatic carbocycles. The van der Waals surface area contributed by atoms with Gasteiger partial charge in [-0.1, -0.05) is 19.1 Å². The van der Waals surface area contributed by atoms with E-state index in [2.05, 4.69) is 17.1 Å². The van der Waals surface area contributed by atoms with Crippen molar-refractivity contribution < 1.29 is 19.2 Å². The Bertz CT molecular complexity index is 803. The standard InChI is InChI=1S/C17H18N4O3/c1-14(11-5-7-12(22-2)8-6-11)15(9-18)13(20)21-17(23-3,24-4)16(14,15)10-19/h5-8H,1-4H3,(H2,20,21)/p+1/t14-,15+,16-/m1/s1. The van der Waals surface area contributed by atoms with E-state index >= 15 is 0 Å². The smallest absolute Gasteiger partial charge is 0.343 e. The Kier molecular flexibility index (Phi) is 3.18. The van der Waals surface area contributed by atoms with Crippen molar-refractivity contribution in [2.45, 2.75) is 18.2 Å². The molecule has 0 unspecified atom stereocenters. The van der Waals surface area contributed by atoms with Crippen LogP contribution in [0.25, 0.3) is 0 Å². The maximum atomic E-state index is 10.1. The summed E-state index contributed by atoms with van der Waals surface area (Å²) in [5.74, 6) is -0.644. The predicted molar refractivity (Wildman–Crippen MR) is 83.3 cm³/mol. The van der Waals surface area contributed by atoms with Gasteiger partial charge in [-0.05, 0) is 17.7 Å². The lowest BCUT2D eigenvalue weighted by Crippen LogP contribution is -2.91. The van der Waals surface area contributed by atoms with E-state index in [0.717, 1.165) is 5.56 Å². The Labute approximate surface area is 140 Å². The lowest BCUT2D eigenvalue weighted by molar-refractivity contribution is -0.688. The van der Waals surface area contributed by atoms with Crippen LogP contribution in [0, 0.1) is 33.5 Å². The summed E-state index contributed by atoms with van der Waals surface area (Å²) in [4.78, 5) is 2.88. The van der Waals surface area contributed by atoms with Crippen molar-refractivity contribution in [1.82, 2.24) is 0 Å². The molecular formula is C17H19N4O3+. The predicted octanol–water partition coefficient (Wildman–Crippen LogP) is -0.616. The number of nitrogens with two attached hydrogens (primary N) is 1. The van der Waals surface area contributed by atoms with Crippen molar-refractivity contribution in [3.63, 3.8) is 0 Å². The molecule has 7 nitrogen and oxygen atoms in total. The second kappa shape index (κ2) is 4.70. The second-order valence-electron chi connectivity index (χ2n) is 6.14. The average Bonchev–Trinajstić information content (AvgIpc) is 3.04. The Morgan fingerprint density at radius 2 is 1.62 bits per heavy atom. The fourth-order valence-corrected chi connectivity index (χ4v) is 4.50. The molecule has 0 aromatic heterocycles. The van der Waals surface area contributed by atoms with Crippen LogP contribution in [-0.4, -0.2) is 33.1 Å². The van der Waals surface area contributed by atoms with Crippen LogP contribution in [0.2, 0.25) is 0 Å². The van der Waals surface area contributed by atoms with Gasteiger partial charge in [-0.3, -0.25) is 5.73 Å². The highest BCUT2D eigenvalue weighted by atomic mass is 16.7. The molecule has 0 saturated heterocycles. The molecule has 0 radical (unpaired) electrons. The Balaban J connectivity index is 2.28. The van der Waals surface area contributed by atoms with E-state index < -0.39 is 22.2 Å². The van der Waals surface area contributed by atoms with Gasteiger partial charge in [0.2, 0.25) is 0 Å². The van der Waals surface area contributed by atoms with Crippen LogP contribution in [0.5, 0.6) is 5.75 Å². The van der Waals surface area contributed by atoms with E-state index in [4.69, 9.17) is 19.9 Å². The number of hydrogen-bond acceptors (Lipinski definition) is 6. The first-order valence-electron chi connectivity index (χ1n) is 7.39. The van der Waals surface area contributed by atoms with Crippen molar-refractivity contribution >= 4 is 5.84 Å². The van der Waals surface area contributed by atoms with Gasteiger partial charge in [0.15, 0.2) is 10.8 Å². The number of rotatable bonds is 4. The second-order valence-corrected chi connectivity index (χ2v) is 6.14. The van der Waals surface area contributed by atoms with Crippen molar-refractivity contribution in [2.75, 3.05) is 21.3 Å². The number of fused-ring (bicyclic) bond motifs is 1. The van der Waals surface area contributed by atoms with Gasteiger partial charge in [0.05, 0.1) is 24.7 Å². The summed E-state index contributed by atoms with van der Waals surface area (Å²) < 4.78 is 16.2. The Hall–Kier alpha value is -2.61. The molecule has 1 aliphatic carbocycles. The van der Waals surface area contributed by atoms with Gasteiger partial charge in [0.1, 0.15) is 5.75 Å². The van der Waals surface area contributed by atoms with Crippen molar-refractivity contribution in [3.05, 3.63) is 29.8 Å². The van der Waals surface area contributed by atoms with E-state index in [1.54, 1.807) is 19.2 Å². The van der Waals surface area contributed by atoms with E-state index in [0.29, 0.717) is 5.75 Å². The minimum atomic E-state index is -1.50. The summed E-state index contributed by atoms with van der Waals surface area (Å²) in [6.07, 6.45) is 0. The molecule has 2 aliphatic rings. The fraction of sp³-hybridized carbons (Fsp3) is 0.471. The van der Waals surface area contributed by atoms with Gasteiger partial charge < -0.3 is 14.2 Å². The number of nitrogens with one attached hydrogen (secondary N) is 1. The third kappa shape index (κ3) is 1.25. The average molecular weight is 327 g/mol. The zero-order valence-electron chi connectivity index (χ0n) is 14.0. The van der Waals surface area contributed by atoms with Crippen LogP contribution >= 0.6 is 0 Å². The highest BCUT2D eigenvalue weighted by Gasteiger charge is 3.02. The summed E-state index contributed by atoms with van der Waals surface area (Å²) in [6, 6.07) is 11.8. The molecule has 1 aromatic rings. The van der Waals surface area contributed by atoms with Crippen LogP contribution in [0.15, 0.2) is 24.3 Å². The van der Waals surface area contributed by atoms with Crippen LogP contribution in [-0.2, 0) is 14.9 Å². The van der Waals surface area contributed by atoms with Crippen LogP contribution in [0.1, 0.15) is 12.5 Å². The number of methoxy groups -OCH3 is 3. The summed E-state index contributed by atoms with van der Waals surface area (Å²) in [6.45, 7) is 1.84. The quantitative estimate of drug-likeness (QED) is 0.713.